The Morgan fingerprint density at radius 2 is 1.82 bits per heavy atom. The topological polar surface area (TPSA) is 30.3 Å². The van der Waals surface area contributed by atoms with Crippen molar-refractivity contribution in [1.82, 2.24) is 5.01 Å². The van der Waals surface area contributed by atoms with Gasteiger partial charge in [-0.25, -0.2) is 0 Å². The first-order valence-electron chi connectivity index (χ1n) is 7.52. The molecule has 0 spiro atoms. The van der Waals surface area contributed by atoms with Crippen LogP contribution in [0.15, 0.2) is 60.8 Å². The Bertz CT molecular complexity index is 775. The van der Waals surface area contributed by atoms with Crippen LogP contribution in [0.1, 0.15) is 24.1 Å². The second kappa shape index (κ2) is 4.64. The maximum atomic E-state index is 9.83. The van der Waals surface area contributed by atoms with E-state index >= 15 is 0 Å². The molecule has 2 aliphatic rings. The average molecular weight is 287 g/mol. The van der Waals surface area contributed by atoms with Gasteiger partial charge in [-0.2, -0.15) is 5.26 Å². The van der Waals surface area contributed by atoms with Gasteiger partial charge in [-0.3, -0.25) is 10.0 Å². The fraction of sp³-hybridized carbons (Fsp3) is 0.211. The molecule has 1 saturated heterocycles. The maximum Gasteiger partial charge on any atom is 0.100 e. The normalized spacial score (nSPS) is 25.5. The molecule has 0 aliphatic carbocycles. The van der Waals surface area contributed by atoms with Crippen LogP contribution in [-0.4, -0.2) is 11.6 Å². The first-order chi connectivity index (χ1) is 10.7. The largest absolute Gasteiger partial charge is 0.284 e. The van der Waals surface area contributed by atoms with Gasteiger partial charge >= 0.3 is 0 Å². The van der Waals surface area contributed by atoms with Crippen LogP contribution in [0, 0.1) is 16.7 Å². The number of para-hydroxylation sites is 1. The highest BCUT2D eigenvalue weighted by Gasteiger charge is 2.50. The smallest absolute Gasteiger partial charge is 0.100 e. The summed E-state index contributed by atoms with van der Waals surface area (Å²) < 4.78 is 0. The maximum absolute atomic E-state index is 9.83. The Morgan fingerprint density at radius 1 is 1.09 bits per heavy atom. The molecular formula is C19H17N3. The van der Waals surface area contributed by atoms with Crippen LogP contribution < -0.4 is 5.01 Å². The molecule has 2 aliphatic heterocycles. The molecular weight excluding hydrogens is 270 g/mol. The predicted octanol–water partition coefficient (Wildman–Crippen LogP) is 3.98. The van der Waals surface area contributed by atoms with Gasteiger partial charge in [0.1, 0.15) is 5.41 Å². The van der Waals surface area contributed by atoms with E-state index in [1.54, 1.807) is 0 Å². The van der Waals surface area contributed by atoms with Crippen LogP contribution >= 0.6 is 0 Å². The van der Waals surface area contributed by atoms with Crippen LogP contribution in [0.2, 0.25) is 0 Å². The molecule has 0 aromatic heterocycles. The minimum absolute atomic E-state index is 0.0545. The van der Waals surface area contributed by atoms with Crippen molar-refractivity contribution < 1.29 is 0 Å². The lowest BCUT2D eigenvalue weighted by molar-refractivity contribution is 0.262. The molecule has 0 amide bonds. The van der Waals surface area contributed by atoms with Crippen molar-refractivity contribution in [3.8, 4) is 6.07 Å². The number of hydrogen-bond donors (Lipinski definition) is 0. The molecule has 2 aromatic carbocycles. The number of nitrogens with zero attached hydrogens (tertiary/aromatic N) is 3. The minimum atomic E-state index is -0.448. The molecule has 108 valence electrons. The van der Waals surface area contributed by atoms with E-state index in [-0.39, 0.29) is 6.04 Å². The summed E-state index contributed by atoms with van der Waals surface area (Å²) in [5, 5.41) is 14.2. The Balaban J connectivity index is 1.85. The first-order valence-corrected chi connectivity index (χ1v) is 7.52. The molecule has 0 unspecified atom stereocenters. The second-order valence-corrected chi connectivity index (χ2v) is 6.15. The molecule has 0 bridgehead atoms. The molecule has 3 heteroatoms. The number of anilines is 1. The van der Waals surface area contributed by atoms with Gasteiger partial charge in [0.15, 0.2) is 0 Å². The highest BCUT2D eigenvalue weighted by Crippen LogP contribution is 2.50. The standard InChI is InChI=1S/C19H17N3/c1-19(13-20)14-22(16-8-3-2-4-9-16)21-12-11-15-7-5-6-10-17(15)18(19)21/h2-12,18H,14H2,1H3/t18-,19-/m1/s1. The number of benzene rings is 2. The number of fused-ring (bicyclic) bond motifs is 3. The lowest BCUT2D eigenvalue weighted by Crippen LogP contribution is -2.35. The Kier molecular flexibility index (Phi) is 2.74. The van der Waals surface area contributed by atoms with Gasteiger partial charge in [-0.05, 0) is 36.3 Å². The number of hydrogen-bond acceptors (Lipinski definition) is 3. The minimum Gasteiger partial charge on any atom is -0.284 e. The van der Waals surface area contributed by atoms with Crippen LogP contribution in [0.4, 0.5) is 5.69 Å². The average Bonchev–Trinajstić information content (AvgIpc) is 2.90. The summed E-state index contributed by atoms with van der Waals surface area (Å²) in [5.41, 5.74) is 3.11. The van der Waals surface area contributed by atoms with E-state index in [4.69, 9.17) is 0 Å². The van der Waals surface area contributed by atoms with E-state index in [2.05, 4.69) is 65.6 Å². The summed E-state index contributed by atoms with van der Waals surface area (Å²) in [4.78, 5) is 0. The SMILES string of the molecule is C[C@@]1(C#N)CN(c2ccccc2)N2C=Cc3ccccc3[C@@H]21. The van der Waals surface area contributed by atoms with Crippen molar-refractivity contribution in [3.05, 3.63) is 71.9 Å². The number of hydrazine groups is 1. The van der Waals surface area contributed by atoms with Gasteiger partial charge < -0.3 is 0 Å². The summed E-state index contributed by atoms with van der Waals surface area (Å²) in [5.74, 6) is 0. The Labute approximate surface area is 130 Å². The van der Waals surface area contributed by atoms with Crippen molar-refractivity contribution in [3.63, 3.8) is 0 Å². The molecule has 2 aromatic rings. The number of rotatable bonds is 1. The molecule has 4 rings (SSSR count). The predicted molar refractivity (Wildman–Crippen MR) is 87.6 cm³/mol. The van der Waals surface area contributed by atoms with Gasteiger partial charge in [0.2, 0.25) is 0 Å². The van der Waals surface area contributed by atoms with E-state index in [1.165, 1.54) is 11.1 Å². The zero-order chi connectivity index (χ0) is 15.2. The monoisotopic (exact) mass is 287 g/mol. The van der Waals surface area contributed by atoms with Crippen molar-refractivity contribution in [2.24, 2.45) is 5.41 Å². The van der Waals surface area contributed by atoms with Crippen LogP contribution in [0.3, 0.4) is 0 Å². The van der Waals surface area contributed by atoms with Gasteiger partial charge in [-0.1, -0.05) is 42.5 Å². The zero-order valence-corrected chi connectivity index (χ0v) is 12.5. The summed E-state index contributed by atoms with van der Waals surface area (Å²) in [6.45, 7) is 2.75. The summed E-state index contributed by atoms with van der Waals surface area (Å²) in [7, 11) is 0. The fourth-order valence-electron chi connectivity index (χ4n) is 3.55. The number of nitriles is 1. The third-order valence-electron chi connectivity index (χ3n) is 4.63. The van der Waals surface area contributed by atoms with Crippen molar-refractivity contribution in [2.75, 3.05) is 11.6 Å². The van der Waals surface area contributed by atoms with E-state index in [9.17, 15) is 5.26 Å². The summed E-state index contributed by atoms with van der Waals surface area (Å²) in [6, 6.07) is 21.2. The van der Waals surface area contributed by atoms with E-state index < -0.39 is 5.41 Å². The summed E-state index contributed by atoms with van der Waals surface area (Å²) in [6.07, 6.45) is 4.23. The fourth-order valence-corrected chi connectivity index (χ4v) is 3.55. The van der Waals surface area contributed by atoms with Gasteiger partial charge in [0.05, 0.1) is 24.3 Å². The van der Waals surface area contributed by atoms with E-state index in [0.29, 0.717) is 6.54 Å². The Morgan fingerprint density at radius 3 is 2.59 bits per heavy atom. The van der Waals surface area contributed by atoms with E-state index in [0.717, 1.165) is 5.69 Å². The van der Waals surface area contributed by atoms with Gasteiger partial charge in [-0.15, -0.1) is 0 Å². The summed E-state index contributed by atoms with van der Waals surface area (Å²) >= 11 is 0. The molecule has 3 nitrogen and oxygen atoms in total. The quantitative estimate of drug-likeness (QED) is 0.794. The van der Waals surface area contributed by atoms with Crippen molar-refractivity contribution in [1.29, 1.82) is 5.26 Å². The first kappa shape index (κ1) is 13.0. The molecule has 0 N–H and O–H groups in total. The van der Waals surface area contributed by atoms with Gasteiger partial charge in [0.25, 0.3) is 0 Å². The molecule has 1 fully saturated rings. The molecule has 22 heavy (non-hydrogen) atoms. The van der Waals surface area contributed by atoms with Gasteiger partial charge in [0, 0.05) is 6.20 Å². The highest BCUT2D eigenvalue weighted by atomic mass is 15.7. The van der Waals surface area contributed by atoms with E-state index in [1.807, 2.05) is 24.3 Å². The third kappa shape index (κ3) is 1.74. The van der Waals surface area contributed by atoms with Crippen molar-refractivity contribution >= 4 is 11.8 Å². The molecule has 2 heterocycles. The lowest BCUT2D eigenvalue weighted by Gasteiger charge is -2.36. The van der Waals surface area contributed by atoms with Crippen LogP contribution in [0.25, 0.3) is 6.08 Å². The van der Waals surface area contributed by atoms with Crippen LogP contribution in [0.5, 0.6) is 0 Å². The third-order valence-corrected chi connectivity index (χ3v) is 4.63. The van der Waals surface area contributed by atoms with Crippen molar-refractivity contribution in [2.45, 2.75) is 13.0 Å². The lowest BCUT2D eigenvalue weighted by atomic mass is 9.79. The Hall–Kier alpha value is -2.73. The second-order valence-electron chi connectivity index (χ2n) is 6.15. The highest BCUT2D eigenvalue weighted by molar-refractivity contribution is 5.61. The molecule has 0 radical (unpaired) electrons. The molecule has 0 saturated carbocycles. The van der Waals surface area contributed by atoms with Crippen LogP contribution in [-0.2, 0) is 0 Å². The zero-order valence-electron chi connectivity index (χ0n) is 12.5. The molecule has 2 atom stereocenters.